The van der Waals surface area contributed by atoms with Gasteiger partial charge in [0.1, 0.15) is 0 Å². The number of benzene rings is 2. The largest absolute Gasteiger partial charge is 0.416 e. The van der Waals surface area contributed by atoms with Gasteiger partial charge in [-0.3, -0.25) is 4.98 Å². The number of alkyl halides is 3. The molecular weight excluding hydrogens is 493 g/mol. The van der Waals surface area contributed by atoms with Crippen LogP contribution >= 0.6 is 12.2 Å². The lowest BCUT2D eigenvalue weighted by Crippen LogP contribution is -2.29. The summed E-state index contributed by atoms with van der Waals surface area (Å²) in [6, 6.07) is 21.1. The van der Waals surface area contributed by atoms with Crippen LogP contribution in [0.25, 0.3) is 5.69 Å². The molecule has 1 N–H and O–H groups in total. The van der Waals surface area contributed by atoms with E-state index in [-0.39, 0.29) is 12.1 Å². The third-order valence-electron chi connectivity index (χ3n) is 6.94. The monoisotopic (exact) mass is 520 g/mol. The predicted molar refractivity (Wildman–Crippen MR) is 144 cm³/mol. The number of hydrogen-bond acceptors (Lipinski definition) is 2. The Labute approximate surface area is 219 Å². The fraction of sp³-hybridized carbons (Fsp3) is 0.241. The molecule has 1 aliphatic rings. The first-order chi connectivity index (χ1) is 17.7. The molecule has 1 aliphatic heterocycles. The number of nitrogens with zero attached hydrogens (tertiary/aromatic N) is 3. The Balaban J connectivity index is 1.66. The highest BCUT2D eigenvalue weighted by Gasteiger charge is 2.42. The summed E-state index contributed by atoms with van der Waals surface area (Å²) in [5.41, 5.74) is 5.47. The van der Waals surface area contributed by atoms with Crippen molar-refractivity contribution in [3.8, 4) is 5.69 Å². The van der Waals surface area contributed by atoms with Crippen LogP contribution in [0.2, 0.25) is 0 Å². The smallest absolute Gasteiger partial charge is 0.351 e. The Morgan fingerprint density at radius 2 is 1.70 bits per heavy atom. The Bertz CT molecular complexity index is 1430. The zero-order valence-electron chi connectivity index (χ0n) is 20.8. The maximum absolute atomic E-state index is 13.5. The Kier molecular flexibility index (Phi) is 6.54. The van der Waals surface area contributed by atoms with Crippen LogP contribution in [0, 0.1) is 13.8 Å². The fourth-order valence-corrected chi connectivity index (χ4v) is 5.49. The molecule has 4 nitrogen and oxygen atoms in total. The van der Waals surface area contributed by atoms with Crippen LogP contribution in [0.5, 0.6) is 0 Å². The molecule has 2 aromatic heterocycles. The van der Waals surface area contributed by atoms with Crippen molar-refractivity contribution in [2.24, 2.45) is 0 Å². The van der Waals surface area contributed by atoms with E-state index in [0.29, 0.717) is 10.8 Å². The highest BCUT2D eigenvalue weighted by atomic mass is 32.1. The summed E-state index contributed by atoms with van der Waals surface area (Å²) in [4.78, 5) is 6.69. The van der Waals surface area contributed by atoms with Crippen molar-refractivity contribution in [2.75, 3.05) is 4.90 Å². The molecule has 1 saturated heterocycles. The van der Waals surface area contributed by atoms with Gasteiger partial charge in [0, 0.05) is 29.0 Å². The Hall–Kier alpha value is -3.65. The number of anilines is 1. The topological polar surface area (TPSA) is 33.1 Å². The molecule has 1 fully saturated rings. The van der Waals surface area contributed by atoms with Crippen LogP contribution in [0.1, 0.15) is 52.8 Å². The summed E-state index contributed by atoms with van der Waals surface area (Å²) >= 11 is 5.83. The van der Waals surface area contributed by atoms with E-state index < -0.39 is 11.7 Å². The number of hydrogen-bond donors (Lipinski definition) is 1. The minimum atomic E-state index is -4.42. The number of thiocarbonyl (C=S) groups is 1. The molecule has 0 saturated carbocycles. The lowest BCUT2D eigenvalue weighted by atomic mass is 9.96. The second-order valence-corrected chi connectivity index (χ2v) is 9.61. The van der Waals surface area contributed by atoms with Crippen molar-refractivity contribution >= 4 is 23.0 Å². The maximum atomic E-state index is 13.5. The second-order valence-electron chi connectivity index (χ2n) is 9.23. The van der Waals surface area contributed by atoms with Gasteiger partial charge in [-0.15, -0.1) is 0 Å². The molecule has 5 rings (SSSR count). The molecule has 4 aromatic rings. The number of aryl methyl sites for hydroxylation is 2. The van der Waals surface area contributed by atoms with E-state index in [9.17, 15) is 13.2 Å². The third kappa shape index (κ3) is 4.62. The Morgan fingerprint density at radius 3 is 2.35 bits per heavy atom. The van der Waals surface area contributed by atoms with Gasteiger partial charge in [0.15, 0.2) is 5.11 Å². The van der Waals surface area contributed by atoms with Crippen molar-refractivity contribution in [3.63, 3.8) is 0 Å². The van der Waals surface area contributed by atoms with Gasteiger partial charge in [-0.25, -0.2) is 0 Å². The molecule has 0 aliphatic carbocycles. The summed E-state index contributed by atoms with van der Waals surface area (Å²) in [6.45, 7) is 5.96. The normalized spacial score (nSPS) is 17.8. The van der Waals surface area contributed by atoms with Gasteiger partial charge in [0.05, 0.1) is 23.3 Å². The lowest BCUT2D eigenvalue weighted by Gasteiger charge is -2.28. The molecule has 0 amide bonds. The zero-order chi connectivity index (χ0) is 26.3. The lowest BCUT2D eigenvalue weighted by molar-refractivity contribution is -0.137. The first kappa shape index (κ1) is 25.0. The van der Waals surface area contributed by atoms with Crippen molar-refractivity contribution in [2.45, 2.75) is 45.5 Å². The summed E-state index contributed by atoms with van der Waals surface area (Å²) in [7, 11) is 0. The summed E-state index contributed by atoms with van der Waals surface area (Å²) in [5, 5.41) is 4.04. The van der Waals surface area contributed by atoms with Gasteiger partial charge in [0.2, 0.25) is 0 Å². The van der Waals surface area contributed by atoms with E-state index in [2.05, 4.69) is 46.4 Å². The van der Waals surface area contributed by atoms with E-state index in [1.165, 1.54) is 17.7 Å². The zero-order valence-corrected chi connectivity index (χ0v) is 21.6. The molecule has 0 radical (unpaired) electrons. The highest BCUT2D eigenvalue weighted by molar-refractivity contribution is 7.80. The molecule has 0 spiro atoms. The molecule has 190 valence electrons. The second kappa shape index (κ2) is 9.67. The predicted octanol–water partition coefficient (Wildman–Crippen LogP) is 7.25. The number of rotatable bonds is 5. The molecule has 3 heterocycles. The SMILES string of the molecule is CCc1ccc(N2C(=S)N[C@@H](c3ccccn3)[C@@H]2c2cc(C)n(-c3cccc(C(F)(F)F)c3)c2C)cc1. The van der Waals surface area contributed by atoms with Gasteiger partial charge in [-0.05, 0) is 92.1 Å². The van der Waals surface area contributed by atoms with Gasteiger partial charge in [-0.1, -0.05) is 31.2 Å². The van der Waals surface area contributed by atoms with Crippen LogP contribution in [0.4, 0.5) is 18.9 Å². The van der Waals surface area contributed by atoms with Gasteiger partial charge in [0.25, 0.3) is 0 Å². The van der Waals surface area contributed by atoms with E-state index in [0.717, 1.165) is 40.8 Å². The van der Waals surface area contributed by atoms with Crippen molar-refractivity contribution in [1.82, 2.24) is 14.9 Å². The van der Waals surface area contributed by atoms with Crippen molar-refractivity contribution in [1.29, 1.82) is 0 Å². The number of pyridine rings is 1. The van der Waals surface area contributed by atoms with E-state index in [1.54, 1.807) is 12.3 Å². The molecule has 37 heavy (non-hydrogen) atoms. The molecule has 0 unspecified atom stereocenters. The quantitative estimate of drug-likeness (QED) is 0.281. The first-order valence-corrected chi connectivity index (χ1v) is 12.6. The van der Waals surface area contributed by atoms with Crippen LogP contribution < -0.4 is 10.2 Å². The average Bonchev–Trinajstić information content (AvgIpc) is 3.39. The standard InChI is InChI=1S/C29H27F3N4S/c1-4-20-11-13-22(14-12-20)36-27(26(34-28(36)37)25-10-5-6-15-33-25)24-16-18(2)35(19(24)3)23-9-7-8-21(17-23)29(30,31)32/h5-17,26-27H,4H2,1-3H3,(H,34,37)/t26-,27-/m0/s1. The van der Waals surface area contributed by atoms with Crippen molar-refractivity contribution in [3.05, 3.63) is 113 Å². The summed E-state index contributed by atoms with van der Waals surface area (Å²) in [5.74, 6) is 0. The fourth-order valence-electron chi connectivity index (χ4n) is 5.15. The highest BCUT2D eigenvalue weighted by Crippen LogP contribution is 2.44. The average molecular weight is 521 g/mol. The molecule has 8 heteroatoms. The maximum Gasteiger partial charge on any atom is 0.416 e. The number of nitrogens with one attached hydrogen (secondary N) is 1. The van der Waals surface area contributed by atoms with E-state index >= 15 is 0 Å². The van der Waals surface area contributed by atoms with Crippen LogP contribution in [-0.4, -0.2) is 14.7 Å². The first-order valence-electron chi connectivity index (χ1n) is 12.1. The number of halogens is 3. The van der Waals surface area contributed by atoms with Crippen LogP contribution in [0.15, 0.2) is 79.0 Å². The molecule has 2 aromatic carbocycles. The van der Waals surface area contributed by atoms with Gasteiger partial charge >= 0.3 is 6.18 Å². The third-order valence-corrected chi connectivity index (χ3v) is 7.26. The van der Waals surface area contributed by atoms with Crippen molar-refractivity contribution < 1.29 is 13.2 Å². The Morgan fingerprint density at radius 1 is 0.946 bits per heavy atom. The summed E-state index contributed by atoms with van der Waals surface area (Å²) in [6.07, 6.45) is -1.73. The molecular formula is C29H27F3N4S. The molecule has 0 bridgehead atoms. The van der Waals surface area contributed by atoms with E-state index in [4.69, 9.17) is 12.2 Å². The molecule has 2 atom stereocenters. The van der Waals surface area contributed by atoms with Crippen LogP contribution in [0.3, 0.4) is 0 Å². The van der Waals surface area contributed by atoms with Gasteiger partial charge in [-0.2, -0.15) is 13.2 Å². The minimum Gasteiger partial charge on any atom is -0.351 e. The minimum absolute atomic E-state index is 0.241. The summed E-state index contributed by atoms with van der Waals surface area (Å²) < 4.78 is 42.3. The number of aromatic nitrogens is 2. The van der Waals surface area contributed by atoms with Gasteiger partial charge < -0.3 is 14.8 Å². The van der Waals surface area contributed by atoms with Crippen LogP contribution in [-0.2, 0) is 12.6 Å². The van der Waals surface area contributed by atoms with E-state index in [1.807, 2.05) is 42.7 Å².